The van der Waals surface area contributed by atoms with Gasteiger partial charge in [-0.3, -0.25) is 4.90 Å². The topological polar surface area (TPSA) is 27.0 Å². The smallest absolute Gasteiger partial charge is 0.124 e. The lowest BCUT2D eigenvalue weighted by molar-refractivity contribution is 0.183. The Morgan fingerprint density at radius 3 is 2.70 bits per heavy atom. The molecule has 2 aliphatic rings. The number of likely N-dealkylation sites (tertiary alicyclic amines) is 1. The third-order valence-electron chi connectivity index (χ3n) is 4.83. The minimum Gasteiger partial charge on any atom is -0.296 e. The first kappa shape index (κ1) is 13.6. The van der Waals surface area contributed by atoms with Crippen LogP contribution in [-0.4, -0.2) is 17.5 Å². The van der Waals surface area contributed by atoms with E-state index < -0.39 is 0 Å². The molecule has 3 rings (SSSR count). The predicted octanol–water partition coefficient (Wildman–Crippen LogP) is 3.85. The van der Waals surface area contributed by atoms with E-state index in [1.54, 1.807) is 6.07 Å². The normalized spacial score (nSPS) is 24.1. The van der Waals surface area contributed by atoms with Crippen LogP contribution in [0.5, 0.6) is 0 Å². The number of rotatable bonds is 3. The Morgan fingerprint density at radius 1 is 1.15 bits per heavy atom. The average molecular weight is 272 g/mol. The minimum absolute atomic E-state index is 0.296. The molecular formula is C17H21FN2. The number of halogens is 1. The van der Waals surface area contributed by atoms with Crippen molar-refractivity contribution < 1.29 is 4.39 Å². The Hall–Kier alpha value is -1.40. The highest BCUT2D eigenvalue weighted by Gasteiger charge is 2.33. The van der Waals surface area contributed by atoms with Crippen LogP contribution in [0, 0.1) is 23.1 Å². The highest BCUT2D eigenvalue weighted by molar-refractivity contribution is 5.33. The molecule has 1 aromatic rings. The van der Waals surface area contributed by atoms with Crippen LogP contribution in [0.1, 0.15) is 49.7 Å². The summed E-state index contributed by atoms with van der Waals surface area (Å²) < 4.78 is 13.5. The van der Waals surface area contributed by atoms with Crippen molar-refractivity contribution in [3.8, 4) is 6.07 Å². The lowest BCUT2D eigenvalue weighted by Gasteiger charge is -2.29. The number of hydrogen-bond acceptors (Lipinski definition) is 2. The van der Waals surface area contributed by atoms with Crippen LogP contribution in [0.15, 0.2) is 18.2 Å². The molecule has 20 heavy (non-hydrogen) atoms. The highest BCUT2D eigenvalue weighted by Crippen LogP contribution is 2.36. The van der Waals surface area contributed by atoms with E-state index >= 15 is 0 Å². The maximum atomic E-state index is 13.5. The maximum Gasteiger partial charge on any atom is 0.124 e. The van der Waals surface area contributed by atoms with Crippen molar-refractivity contribution in [3.63, 3.8) is 0 Å². The van der Waals surface area contributed by atoms with Gasteiger partial charge in [0.25, 0.3) is 0 Å². The Kier molecular flexibility index (Phi) is 4.03. The summed E-state index contributed by atoms with van der Waals surface area (Å²) in [5.74, 6) is 0.539. The van der Waals surface area contributed by atoms with Crippen LogP contribution in [0.3, 0.4) is 0 Å². The minimum atomic E-state index is -0.296. The maximum absolute atomic E-state index is 13.5. The van der Waals surface area contributed by atoms with E-state index in [0.29, 0.717) is 11.6 Å². The summed E-state index contributed by atoms with van der Waals surface area (Å²) in [6.07, 6.45) is 7.98. The molecule has 0 aromatic heterocycles. The summed E-state index contributed by atoms with van der Waals surface area (Å²) in [6.45, 7) is 1.90. The van der Waals surface area contributed by atoms with E-state index in [1.165, 1.54) is 44.6 Å². The predicted molar refractivity (Wildman–Crippen MR) is 76.5 cm³/mol. The molecule has 3 heteroatoms. The summed E-state index contributed by atoms with van der Waals surface area (Å²) in [4.78, 5) is 2.51. The molecular weight excluding hydrogens is 251 g/mol. The van der Waals surface area contributed by atoms with Crippen molar-refractivity contribution in [3.05, 3.63) is 35.1 Å². The molecule has 1 unspecified atom stereocenters. The van der Waals surface area contributed by atoms with Crippen LogP contribution in [0.2, 0.25) is 0 Å². The lowest BCUT2D eigenvalue weighted by Crippen LogP contribution is -2.34. The van der Waals surface area contributed by atoms with Crippen molar-refractivity contribution in [1.29, 1.82) is 5.26 Å². The van der Waals surface area contributed by atoms with E-state index in [2.05, 4.69) is 4.90 Å². The van der Waals surface area contributed by atoms with E-state index in [9.17, 15) is 4.39 Å². The second kappa shape index (κ2) is 5.93. The summed E-state index contributed by atoms with van der Waals surface area (Å²) in [5.41, 5.74) is 1.36. The Labute approximate surface area is 120 Å². The van der Waals surface area contributed by atoms with E-state index in [1.807, 2.05) is 12.1 Å². The van der Waals surface area contributed by atoms with Gasteiger partial charge in [-0.2, -0.15) is 5.26 Å². The standard InChI is InChI=1S/C17H21FN2/c18-16-9-13(11-19)8-14(10-16)12-20-7-3-6-17(20)15-4-1-2-5-15/h8-10,15,17H,1-7,12H2. The molecule has 1 aliphatic heterocycles. The van der Waals surface area contributed by atoms with Crippen molar-refractivity contribution in [2.24, 2.45) is 5.92 Å². The third-order valence-corrected chi connectivity index (χ3v) is 4.83. The largest absolute Gasteiger partial charge is 0.296 e. The first-order valence-corrected chi connectivity index (χ1v) is 7.70. The van der Waals surface area contributed by atoms with Crippen LogP contribution in [-0.2, 0) is 6.54 Å². The monoisotopic (exact) mass is 272 g/mol. The third kappa shape index (κ3) is 2.86. The molecule has 0 bridgehead atoms. The van der Waals surface area contributed by atoms with Crippen LogP contribution in [0.25, 0.3) is 0 Å². The molecule has 2 nitrogen and oxygen atoms in total. The molecule has 1 aromatic carbocycles. The van der Waals surface area contributed by atoms with E-state index in [0.717, 1.165) is 24.6 Å². The Bertz CT molecular complexity index is 514. The summed E-state index contributed by atoms with van der Waals surface area (Å²) in [7, 11) is 0. The van der Waals surface area contributed by atoms with Gasteiger partial charge in [0, 0.05) is 12.6 Å². The van der Waals surface area contributed by atoms with Gasteiger partial charge in [0.2, 0.25) is 0 Å². The second-order valence-corrected chi connectivity index (χ2v) is 6.18. The zero-order valence-electron chi connectivity index (χ0n) is 11.8. The molecule has 2 fully saturated rings. The van der Waals surface area contributed by atoms with E-state index in [4.69, 9.17) is 5.26 Å². The zero-order chi connectivity index (χ0) is 13.9. The number of hydrogen-bond donors (Lipinski definition) is 0. The van der Waals surface area contributed by atoms with Gasteiger partial charge in [-0.25, -0.2) is 4.39 Å². The van der Waals surface area contributed by atoms with Gasteiger partial charge >= 0.3 is 0 Å². The van der Waals surface area contributed by atoms with Gasteiger partial charge < -0.3 is 0 Å². The Balaban J connectivity index is 1.73. The van der Waals surface area contributed by atoms with Crippen LogP contribution in [0.4, 0.5) is 4.39 Å². The van der Waals surface area contributed by atoms with Crippen molar-refractivity contribution in [2.45, 2.75) is 51.1 Å². The molecule has 0 radical (unpaired) electrons. The summed E-state index contributed by atoms with van der Waals surface area (Å²) >= 11 is 0. The first-order chi connectivity index (χ1) is 9.76. The zero-order valence-corrected chi connectivity index (χ0v) is 11.8. The molecule has 0 N–H and O–H groups in total. The van der Waals surface area contributed by atoms with Gasteiger partial charge in [-0.15, -0.1) is 0 Å². The molecule has 1 heterocycles. The van der Waals surface area contributed by atoms with Crippen molar-refractivity contribution in [2.75, 3.05) is 6.54 Å². The van der Waals surface area contributed by atoms with Gasteiger partial charge in [0.1, 0.15) is 5.82 Å². The molecule has 1 saturated carbocycles. The number of nitriles is 1. The molecule has 1 saturated heterocycles. The molecule has 1 atom stereocenters. The van der Waals surface area contributed by atoms with Crippen molar-refractivity contribution in [1.82, 2.24) is 4.90 Å². The highest BCUT2D eigenvalue weighted by atomic mass is 19.1. The number of nitrogens with zero attached hydrogens (tertiary/aromatic N) is 2. The Morgan fingerprint density at radius 2 is 1.95 bits per heavy atom. The van der Waals surface area contributed by atoms with Crippen LogP contribution >= 0.6 is 0 Å². The van der Waals surface area contributed by atoms with Gasteiger partial charge in [0.15, 0.2) is 0 Å². The molecule has 0 amide bonds. The van der Waals surface area contributed by atoms with Gasteiger partial charge in [0.05, 0.1) is 11.6 Å². The molecule has 1 aliphatic carbocycles. The fourth-order valence-electron chi connectivity index (χ4n) is 3.96. The van der Waals surface area contributed by atoms with Gasteiger partial charge in [-0.05, 0) is 61.9 Å². The van der Waals surface area contributed by atoms with Crippen molar-refractivity contribution >= 4 is 0 Å². The summed E-state index contributed by atoms with van der Waals surface area (Å²) in [5, 5.41) is 8.94. The fraction of sp³-hybridized carbons (Fsp3) is 0.588. The average Bonchev–Trinajstić information content (AvgIpc) is 3.08. The SMILES string of the molecule is N#Cc1cc(F)cc(CN2CCCC2C2CCCC2)c1. The fourth-order valence-corrected chi connectivity index (χ4v) is 3.96. The van der Waals surface area contributed by atoms with E-state index in [-0.39, 0.29) is 5.82 Å². The second-order valence-electron chi connectivity index (χ2n) is 6.18. The summed E-state index contributed by atoms with van der Waals surface area (Å²) in [6, 6.07) is 7.42. The molecule has 106 valence electrons. The molecule has 0 spiro atoms. The first-order valence-electron chi connectivity index (χ1n) is 7.70. The lowest BCUT2D eigenvalue weighted by atomic mass is 9.95. The van der Waals surface area contributed by atoms with Gasteiger partial charge in [-0.1, -0.05) is 12.8 Å². The number of benzene rings is 1. The quantitative estimate of drug-likeness (QED) is 0.835. The van der Waals surface area contributed by atoms with Crippen LogP contribution < -0.4 is 0 Å².